The van der Waals surface area contributed by atoms with Crippen LogP contribution in [0.15, 0.2) is 0 Å². The van der Waals surface area contributed by atoms with E-state index in [1.165, 1.54) is 0 Å². The molecule has 1 heterocycles. The summed E-state index contributed by atoms with van der Waals surface area (Å²) < 4.78 is 1.65. The van der Waals surface area contributed by atoms with Crippen molar-refractivity contribution in [1.82, 2.24) is 9.55 Å². The van der Waals surface area contributed by atoms with Gasteiger partial charge in [0.05, 0.1) is 0 Å². The number of anilines is 1. The lowest BCUT2D eigenvalue weighted by atomic mass is 10.1. The van der Waals surface area contributed by atoms with Gasteiger partial charge in [0.25, 0.3) is 0 Å². The van der Waals surface area contributed by atoms with Crippen molar-refractivity contribution in [3.8, 4) is 0 Å². The number of nitro groups is 1. The van der Waals surface area contributed by atoms with Gasteiger partial charge in [-0.2, -0.15) is 0 Å². The zero-order chi connectivity index (χ0) is 13.0. The molecule has 1 aromatic rings. The van der Waals surface area contributed by atoms with Gasteiger partial charge < -0.3 is 20.5 Å². The quantitative estimate of drug-likeness (QED) is 0.577. The van der Waals surface area contributed by atoms with E-state index >= 15 is 0 Å². The van der Waals surface area contributed by atoms with E-state index in [-0.39, 0.29) is 18.5 Å². The predicted molar refractivity (Wildman–Crippen MR) is 64.0 cm³/mol. The zero-order valence-electron chi connectivity index (χ0n) is 10.3. The number of rotatable bonds is 6. The fourth-order valence-electron chi connectivity index (χ4n) is 1.61. The molecule has 0 saturated carbocycles. The fraction of sp³-hybridized carbons (Fsp3) is 0.700. The number of nitrogens with one attached hydrogen (secondary N) is 1. The first kappa shape index (κ1) is 13.4. The van der Waals surface area contributed by atoms with Gasteiger partial charge in [-0.1, -0.05) is 6.92 Å². The average molecular weight is 242 g/mol. The lowest BCUT2D eigenvalue weighted by Gasteiger charge is -2.16. The number of hydrogen-bond acceptors (Lipinski definition) is 5. The summed E-state index contributed by atoms with van der Waals surface area (Å²) in [5.74, 6) is 0.812. The summed E-state index contributed by atoms with van der Waals surface area (Å²) in [4.78, 5) is 14.3. The van der Waals surface area contributed by atoms with Crippen molar-refractivity contribution in [3.05, 3.63) is 15.9 Å². The van der Waals surface area contributed by atoms with Crippen LogP contribution >= 0.6 is 0 Å². The van der Waals surface area contributed by atoms with Gasteiger partial charge in [-0.15, -0.1) is 0 Å². The lowest BCUT2D eigenvalue weighted by Crippen LogP contribution is -2.22. The van der Waals surface area contributed by atoms with Crippen LogP contribution in [0.25, 0.3) is 0 Å². The normalized spacial score (nSPS) is 12.5. The largest absolute Gasteiger partial charge is 0.406 e. The summed E-state index contributed by atoms with van der Waals surface area (Å²) in [5, 5.41) is 22.8. The van der Waals surface area contributed by atoms with Gasteiger partial charge in [0.1, 0.15) is 0 Å². The molecule has 7 nitrogen and oxygen atoms in total. The first-order valence-electron chi connectivity index (χ1n) is 5.56. The summed E-state index contributed by atoms with van der Waals surface area (Å²) >= 11 is 0. The monoisotopic (exact) mass is 242 g/mol. The molecule has 1 rings (SSSR count). The van der Waals surface area contributed by atoms with Crippen molar-refractivity contribution in [2.24, 2.45) is 7.05 Å². The van der Waals surface area contributed by atoms with E-state index in [9.17, 15) is 10.1 Å². The Kier molecular flexibility index (Phi) is 4.45. The molecule has 0 spiro atoms. The summed E-state index contributed by atoms with van der Waals surface area (Å²) in [5.41, 5.74) is 0. The number of aromatic nitrogens is 2. The Morgan fingerprint density at radius 2 is 2.29 bits per heavy atom. The molecule has 0 aliphatic heterocycles. The molecule has 0 saturated heterocycles. The van der Waals surface area contributed by atoms with Gasteiger partial charge in [-0.25, -0.2) is 0 Å². The van der Waals surface area contributed by atoms with Crippen molar-refractivity contribution in [3.63, 3.8) is 0 Å². The predicted octanol–water partition coefficient (Wildman–Crippen LogP) is 1.21. The highest BCUT2D eigenvalue weighted by molar-refractivity contribution is 5.54. The Balaban J connectivity index is 2.99. The molecule has 0 aromatic carbocycles. The van der Waals surface area contributed by atoms with Gasteiger partial charge in [-0.3, -0.25) is 4.57 Å². The van der Waals surface area contributed by atoms with E-state index in [4.69, 9.17) is 5.11 Å². The van der Waals surface area contributed by atoms with Crippen LogP contribution in [-0.2, 0) is 7.05 Å². The highest BCUT2D eigenvalue weighted by atomic mass is 16.6. The Morgan fingerprint density at radius 3 is 2.76 bits per heavy atom. The number of aliphatic hydroxyl groups is 1. The molecule has 0 aliphatic carbocycles. The second-order valence-electron chi connectivity index (χ2n) is 3.91. The minimum Gasteiger partial charge on any atom is -0.396 e. The molecule has 0 radical (unpaired) electrons. The molecular weight excluding hydrogens is 224 g/mol. The number of aryl methyl sites for hydroxylation is 1. The fourth-order valence-corrected chi connectivity index (χ4v) is 1.61. The second kappa shape index (κ2) is 5.62. The summed E-state index contributed by atoms with van der Waals surface area (Å²) in [7, 11) is 1.73. The molecule has 17 heavy (non-hydrogen) atoms. The minimum absolute atomic E-state index is 0.00787. The van der Waals surface area contributed by atoms with E-state index in [1.807, 2.05) is 6.92 Å². The second-order valence-corrected chi connectivity index (χ2v) is 3.91. The number of nitrogens with zero attached hydrogens (tertiary/aromatic N) is 3. The van der Waals surface area contributed by atoms with Crippen molar-refractivity contribution in [2.75, 3.05) is 11.9 Å². The van der Waals surface area contributed by atoms with Gasteiger partial charge in [-0.05, 0) is 22.7 Å². The third-order valence-corrected chi connectivity index (χ3v) is 2.78. The van der Waals surface area contributed by atoms with E-state index in [2.05, 4.69) is 10.3 Å². The first-order valence-corrected chi connectivity index (χ1v) is 5.56. The zero-order valence-corrected chi connectivity index (χ0v) is 10.3. The van der Waals surface area contributed by atoms with Crippen molar-refractivity contribution in [2.45, 2.75) is 32.7 Å². The molecule has 1 aromatic heterocycles. The molecule has 2 N–H and O–H groups in total. The first-order chi connectivity index (χ1) is 8.01. The van der Waals surface area contributed by atoms with E-state index in [0.717, 1.165) is 6.42 Å². The van der Waals surface area contributed by atoms with Crippen LogP contribution in [0.1, 0.15) is 25.6 Å². The van der Waals surface area contributed by atoms with Crippen LogP contribution in [-0.4, -0.2) is 32.2 Å². The average Bonchev–Trinajstić information content (AvgIpc) is 2.56. The Hall–Kier alpha value is -1.63. The maximum Gasteiger partial charge on any atom is 0.406 e. The van der Waals surface area contributed by atoms with Gasteiger partial charge >= 0.3 is 5.82 Å². The highest BCUT2D eigenvalue weighted by Gasteiger charge is 2.24. The Morgan fingerprint density at radius 1 is 1.65 bits per heavy atom. The number of hydrogen-bond donors (Lipinski definition) is 2. The van der Waals surface area contributed by atoms with Crippen LogP contribution in [0.3, 0.4) is 0 Å². The highest BCUT2D eigenvalue weighted by Crippen LogP contribution is 2.25. The molecule has 1 unspecified atom stereocenters. The maximum absolute atomic E-state index is 10.9. The smallest absolute Gasteiger partial charge is 0.396 e. The SMILES string of the molecule is CCC(CCO)Nc1c([N+](=O)[O-])nc(C)n1C. The summed E-state index contributed by atoms with van der Waals surface area (Å²) in [6, 6.07) is 0.00787. The topological polar surface area (TPSA) is 93.2 Å². The molecule has 0 bridgehead atoms. The standard InChI is InChI=1S/C10H18N4O3/c1-4-8(5-6-15)12-9-10(14(16)17)11-7(2)13(9)3/h8,12,15H,4-6H2,1-3H3. The Bertz CT molecular complexity index is 403. The molecule has 0 aliphatic rings. The Labute approximate surface area is 99.6 Å². The van der Waals surface area contributed by atoms with Crippen LogP contribution in [0.4, 0.5) is 11.6 Å². The summed E-state index contributed by atoms with van der Waals surface area (Å²) in [6.45, 7) is 3.73. The molecular formula is C10H18N4O3. The third-order valence-electron chi connectivity index (χ3n) is 2.78. The van der Waals surface area contributed by atoms with Gasteiger partial charge in [0.2, 0.25) is 11.6 Å². The maximum atomic E-state index is 10.9. The van der Waals surface area contributed by atoms with Crippen LogP contribution in [0, 0.1) is 17.0 Å². The van der Waals surface area contributed by atoms with E-state index in [0.29, 0.717) is 18.1 Å². The van der Waals surface area contributed by atoms with Crippen molar-refractivity contribution < 1.29 is 10.0 Å². The molecule has 96 valence electrons. The number of imidazole rings is 1. The van der Waals surface area contributed by atoms with Crippen LogP contribution < -0.4 is 5.32 Å². The van der Waals surface area contributed by atoms with Gasteiger partial charge in [0.15, 0.2) is 0 Å². The molecule has 7 heteroatoms. The third kappa shape index (κ3) is 2.94. The number of aliphatic hydroxyl groups excluding tert-OH is 1. The van der Waals surface area contributed by atoms with Gasteiger partial charge in [0, 0.05) is 26.6 Å². The van der Waals surface area contributed by atoms with E-state index < -0.39 is 4.92 Å². The van der Waals surface area contributed by atoms with Crippen LogP contribution in [0.5, 0.6) is 0 Å². The van der Waals surface area contributed by atoms with Crippen LogP contribution in [0.2, 0.25) is 0 Å². The molecule has 0 amide bonds. The molecule has 0 fully saturated rings. The van der Waals surface area contributed by atoms with Crippen molar-refractivity contribution >= 4 is 11.6 Å². The summed E-state index contributed by atoms with van der Waals surface area (Å²) in [6.07, 6.45) is 1.33. The minimum atomic E-state index is -0.499. The molecule has 1 atom stereocenters. The van der Waals surface area contributed by atoms with E-state index in [1.54, 1.807) is 18.5 Å². The lowest BCUT2D eigenvalue weighted by molar-refractivity contribution is -0.388. The van der Waals surface area contributed by atoms with Crippen molar-refractivity contribution in [1.29, 1.82) is 0 Å².